The van der Waals surface area contributed by atoms with E-state index in [9.17, 15) is 0 Å². The topological polar surface area (TPSA) is 42.3 Å². The van der Waals surface area contributed by atoms with Crippen molar-refractivity contribution in [3.8, 4) is 11.4 Å². The van der Waals surface area contributed by atoms with Crippen LogP contribution in [0.15, 0.2) is 95.7 Å². The average Bonchev–Trinajstić information content (AvgIpc) is 3.45. The molecule has 0 spiro atoms. The maximum absolute atomic E-state index is 5.85. The summed E-state index contributed by atoms with van der Waals surface area (Å²) in [7, 11) is 0. The third-order valence-corrected chi connectivity index (χ3v) is 6.50. The fraction of sp³-hybridized carbons (Fsp3) is 0.154. The molecule has 33 heavy (non-hydrogen) atoms. The molecule has 5 rings (SSSR count). The molecule has 1 N–H and O–H groups in total. The summed E-state index contributed by atoms with van der Waals surface area (Å²) in [5.41, 5.74) is 4.14. The fourth-order valence-corrected chi connectivity index (χ4v) is 5.03. The van der Waals surface area contributed by atoms with Crippen LogP contribution >= 0.6 is 28.1 Å². The second-order valence-corrected chi connectivity index (χ2v) is 9.01. The Morgan fingerprint density at radius 3 is 2.58 bits per heavy atom. The Morgan fingerprint density at radius 2 is 1.85 bits per heavy atom. The van der Waals surface area contributed by atoms with Crippen LogP contribution < -0.4 is 15.0 Å². The zero-order valence-corrected chi connectivity index (χ0v) is 20.5. The zero-order valence-electron chi connectivity index (χ0n) is 18.1. The van der Waals surface area contributed by atoms with Gasteiger partial charge >= 0.3 is 0 Å². The van der Waals surface area contributed by atoms with Crippen molar-refractivity contribution in [2.75, 3.05) is 11.5 Å². The number of anilines is 1. The number of aromatic nitrogens is 2. The first-order valence-corrected chi connectivity index (χ1v) is 12.0. The molecule has 0 amide bonds. The van der Waals surface area contributed by atoms with Crippen LogP contribution in [0.5, 0.6) is 5.75 Å². The van der Waals surface area contributed by atoms with Crippen molar-refractivity contribution in [2.45, 2.75) is 19.0 Å². The third kappa shape index (κ3) is 4.26. The molecule has 4 aromatic rings. The Balaban J connectivity index is 1.63. The summed E-state index contributed by atoms with van der Waals surface area (Å²) in [5, 5.41) is 4.20. The molecule has 1 aliphatic heterocycles. The molecule has 2 atom stereocenters. The Bertz CT molecular complexity index is 1260. The van der Waals surface area contributed by atoms with Gasteiger partial charge in [0.15, 0.2) is 5.11 Å². The van der Waals surface area contributed by atoms with Crippen molar-refractivity contribution < 1.29 is 4.74 Å². The number of hydrogen-bond acceptors (Lipinski definition) is 3. The van der Waals surface area contributed by atoms with E-state index in [1.165, 1.54) is 0 Å². The maximum atomic E-state index is 5.85. The molecule has 0 radical (unpaired) electrons. The number of nitrogens with one attached hydrogen (secondary N) is 1. The normalized spacial score (nSPS) is 17.8. The molecule has 0 aliphatic carbocycles. The van der Waals surface area contributed by atoms with Gasteiger partial charge in [-0.15, -0.1) is 0 Å². The number of nitrogens with zero attached hydrogens (tertiary/aromatic N) is 3. The van der Waals surface area contributed by atoms with E-state index in [-0.39, 0.29) is 12.1 Å². The van der Waals surface area contributed by atoms with Gasteiger partial charge in [0.25, 0.3) is 0 Å². The van der Waals surface area contributed by atoms with Gasteiger partial charge in [-0.2, -0.15) is 0 Å². The minimum Gasteiger partial charge on any atom is -0.494 e. The summed E-state index contributed by atoms with van der Waals surface area (Å²) in [4.78, 5) is 6.83. The number of rotatable bonds is 6. The summed E-state index contributed by atoms with van der Waals surface area (Å²) in [5.74, 6) is 0.842. The molecule has 7 heteroatoms. The van der Waals surface area contributed by atoms with Crippen molar-refractivity contribution >= 4 is 38.9 Å². The highest BCUT2D eigenvalue weighted by molar-refractivity contribution is 9.10. The van der Waals surface area contributed by atoms with E-state index in [1.54, 1.807) is 0 Å². The monoisotopic (exact) mass is 518 g/mol. The van der Waals surface area contributed by atoms with E-state index in [2.05, 4.69) is 78.3 Å². The quantitative estimate of drug-likeness (QED) is 0.307. The van der Waals surface area contributed by atoms with Gasteiger partial charge in [0.05, 0.1) is 18.3 Å². The van der Waals surface area contributed by atoms with Crippen molar-refractivity contribution in [1.29, 1.82) is 0 Å². The van der Waals surface area contributed by atoms with Crippen LogP contribution in [0.3, 0.4) is 0 Å². The summed E-state index contributed by atoms with van der Waals surface area (Å²) >= 11 is 9.46. The highest BCUT2D eigenvalue weighted by atomic mass is 79.9. The Morgan fingerprint density at radius 1 is 1.00 bits per heavy atom. The molecule has 5 nitrogen and oxygen atoms in total. The lowest BCUT2D eigenvalue weighted by Gasteiger charge is -2.29. The largest absolute Gasteiger partial charge is 0.494 e. The second-order valence-electron chi connectivity index (χ2n) is 7.71. The molecule has 2 aromatic carbocycles. The van der Waals surface area contributed by atoms with Gasteiger partial charge in [0.1, 0.15) is 11.8 Å². The van der Waals surface area contributed by atoms with Crippen LogP contribution in [-0.4, -0.2) is 21.3 Å². The minimum atomic E-state index is -0.105. The smallest absolute Gasteiger partial charge is 0.174 e. The summed E-state index contributed by atoms with van der Waals surface area (Å²) < 4.78 is 8.89. The highest BCUT2D eigenvalue weighted by Crippen LogP contribution is 2.42. The van der Waals surface area contributed by atoms with Gasteiger partial charge in [0.2, 0.25) is 0 Å². The van der Waals surface area contributed by atoms with Crippen LogP contribution in [0.4, 0.5) is 5.69 Å². The molecule has 1 aliphatic rings. The lowest BCUT2D eigenvalue weighted by molar-refractivity contribution is 0.340. The average molecular weight is 519 g/mol. The highest BCUT2D eigenvalue weighted by Gasteiger charge is 2.42. The first kappa shape index (κ1) is 21.7. The van der Waals surface area contributed by atoms with Gasteiger partial charge in [-0.05, 0) is 85.9 Å². The Hall–Kier alpha value is -3.16. The molecule has 0 saturated carbocycles. The third-order valence-electron chi connectivity index (χ3n) is 5.69. The predicted molar refractivity (Wildman–Crippen MR) is 139 cm³/mol. The van der Waals surface area contributed by atoms with Crippen molar-refractivity contribution in [3.63, 3.8) is 0 Å². The molecular formula is C26H23BrN4OS. The van der Waals surface area contributed by atoms with Gasteiger partial charge < -0.3 is 19.5 Å². The summed E-state index contributed by atoms with van der Waals surface area (Å²) in [6.07, 6.45) is 3.91. The van der Waals surface area contributed by atoms with E-state index < -0.39 is 0 Å². The van der Waals surface area contributed by atoms with Crippen LogP contribution in [0.1, 0.15) is 30.4 Å². The van der Waals surface area contributed by atoms with E-state index in [0.717, 1.165) is 33.0 Å². The Kier molecular flexibility index (Phi) is 6.15. The number of benzene rings is 2. The molecule has 1 saturated heterocycles. The first-order chi connectivity index (χ1) is 16.2. The van der Waals surface area contributed by atoms with Gasteiger partial charge in [0, 0.05) is 33.9 Å². The second kappa shape index (κ2) is 9.37. The van der Waals surface area contributed by atoms with E-state index >= 15 is 0 Å². The molecule has 0 unspecified atom stereocenters. The molecule has 0 bridgehead atoms. The minimum absolute atomic E-state index is 0.0978. The van der Waals surface area contributed by atoms with Crippen LogP contribution in [-0.2, 0) is 0 Å². The van der Waals surface area contributed by atoms with E-state index in [1.807, 2.05) is 55.6 Å². The number of halogens is 1. The van der Waals surface area contributed by atoms with Crippen LogP contribution in [0, 0.1) is 0 Å². The Labute approximate surface area is 207 Å². The molecule has 166 valence electrons. The van der Waals surface area contributed by atoms with Gasteiger partial charge in [-0.3, -0.25) is 4.98 Å². The molecule has 3 heterocycles. The van der Waals surface area contributed by atoms with Crippen LogP contribution in [0.25, 0.3) is 5.69 Å². The van der Waals surface area contributed by atoms with E-state index in [0.29, 0.717) is 11.7 Å². The maximum Gasteiger partial charge on any atom is 0.174 e. The fourth-order valence-electron chi connectivity index (χ4n) is 4.30. The zero-order chi connectivity index (χ0) is 22.8. The van der Waals surface area contributed by atoms with Gasteiger partial charge in [-0.1, -0.05) is 28.1 Å². The lowest BCUT2D eigenvalue weighted by Crippen LogP contribution is -2.30. The van der Waals surface area contributed by atoms with Gasteiger partial charge in [-0.25, -0.2) is 0 Å². The standard InChI is InChI=1S/C26H23BrN4OS/c1-2-32-21-13-11-19(12-14-21)31-25(24(29-26(31)33)22-9-3-4-15-28-22)23-10-6-16-30(23)20-8-5-7-18(27)17-20/h3-17,24-25H,2H2,1H3,(H,29,33)/t24-,25+/m1/s1. The number of ether oxygens (including phenoxy) is 1. The SMILES string of the molecule is CCOc1ccc(N2C(=S)N[C@H](c3ccccn3)[C@@H]2c2cccn2-c2cccc(Br)c2)cc1. The lowest BCUT2D eigenvalue weighted by atomic mass is 10.0. The molecule has 1 fully saturated rings. The molecular weight excluding hydrogens is 496 g/mol. The summed E-state index contributed by atoms with van der Waals surface area (Å²) in [6.45, 7) is 2.62. The first-order valence-electron chi connectivity index (χ1n) is 10.8. The van der Waals surface area contributed by atoms with Crippen molar-refractivity contribution in [3.05, 3.63) is 107 Å². The summed E-state index contributed by atoms with van der Waals surface area (Å²) in [6, 6.07) is 26.4. The predicted octanol–water partition coefficient (Wildman–Crippen LogP) is 6.21. The van der Waals surface area contributed by atoms with E-state index in [4.69, 9.17) is 17.0 Å². The number of pyridine rings is 1. The van der Waals surface area contributed by atoms with Crippen molar-refractivity contribution in [2.24, 2.45) is 0 Å². The number of hydrogen-bond donors (Lipinski definition) is 1. The molecule has 2 aromatic heterocycles. The van der Waals surface area contributed by atoms with Crippen molar-refractivity contribution in [1.82, 2.24) is 14.9 Å². The van der Waals surface area contributed by atoms with Crippen LogP contribution in [0.2, 0.25) is 0 Å². The number of thiocarbonyl (C=S) groups is 1.